The molecule has 1 aliphatic heterocycles. The third-order valence-electron chi connectivity index (χ3n) is 3.21. The summed E-state index contributed by atoms with van der Waals surface area (Å²) in [5.74, 6) is 0.948. The van der Waals surface area contributed by atoms with Gasteiger partial charge in [-0.3, -0.25) is 0 Å². The molecule has 2 aliphatic rings. The molecule has 1 fully saturated rings. The van der Waals surface area contributed by atoms with Crippen molar-refractivity contribution in [2.24, 2.45) is 5.92 Å². The minimum absolute atomic E-state index is 0.534. The number of hydrogen-bond acceptors (Lipinski definition) is 1. The predicted molar refractivity (Wildman–Crippen MR) is 49.0 cm³/mol. The Morgan fingerprint density at radius 1 is 1.54 bits per heavy atom. The van der Waals surface area contributed by atoms with E-state index in [-0.39, 0.29) is 0 Å². The molecule has 0 amide bonds. The number of rotatable bonds is 2. The lowest BCUT2D eigenvalue weighted by atomic mass is 10.2. The van der Waals surface area contributed by atoms with Gasteiger partial charge >= 0.3 is 0 Å². The third kappa shape index (κ3) is 1.18. The van der Waals surface area contributed by atoms with Crippen LogP contribution >= 0.6 is 0 Å². The molecule has 1 aliphatic carbocycles. The fraction of sp³-hybridized carbons (Fsp3) is 0.700. The van der Waals surface area contributed by atoms with Crippen LogP contribution in [0.1, 0.15) is 37.1 Å². The molecule has 1 aromatic rings. The second-order valence-corrected chi connectivity index (χ2v) is 4.33. The Balaban J connectivity index is 1.89. The summed E-state index contributed by atoms with van der Waals surface area (Å²) in [4.78, 5) is 0. The summed E-state index contributed by atoms with van der Waals surface area (Å²) in [7, 11) is 0. The van der Waals surface area contributed by atoms with Gasteiger partial charge in [0.1, 0.15) is 0 Å². The van der Waals surface area contributed by atoms with Crippen molar-refractivity contribution < 1.29 is 4.68 Å². The fourth-order valence-corrected chi connectivity index (χ4v) is 2.12. The number of aromatic amines is 1. The first-order valence-corrected chi connectivity index (χ1v) is 5.18. The van der Waals surface area contributed by atoms with E-state index in [1.165, 1.54) is 30.6 Å². The molecule has 13 heavy (non-hydrogen) atoms. The van der Waals surface area contributed by atoms with Crippen LogP contribution in [-0.4, -0.2) is 5.10 Å². The van der Waals surface area contributed by atoms with Gasteiger partial charge in [-0.2, -0.15) is 5.10 Å². The van der Waals surface area contributed by atoms with Crippen molar-refractivity contribution in [1.82, 2.24) is 10.4 Å². The van der Waals surface area contributed by atoms with Crippen molar-refractivity contribution in [3.05, 3.63) is 17.5 Å². The molecule has 1 aromatic heterocycles. The standard InChI is InChI=1S/C10H15N3/c1-7-9-4-12-13(6-8-2-3-8)10(9)5-11-7/h4,7-8,11H,2-3,5-6H2,1H3/p+1/t7-/m1/s1. The smallest absolute Gasteiger partial charge is 0.226 e. The van der Waals surface area contributed by atoms with Gasteiger partial charge in [-0.15, -0.1) is 4.68 Å². The van der Waals surface area contributed by atoms with Crippen molar-refractivity contribution in [3.63, 3.8) is 0 Å². The van der Waals surface area contributed by atoms with E-state index in [4.69, 9.17) is 0 Å². The minimum Gasteiger partial charge on any atom is -0.300 e. The molecule has 3 heteroatoms. The minimum atomic E-state index is 0.534. The maximum absolute atomic E-state index is 3.46. The van der Waals surface area contributed by atoms with Crippen molar-refractivity contribution >= 4 is 0 Å². The first-order chi connectivity index (χ1) is 6.34. The first-order valence-electron chi connectivity index (χ1n) is 5.18. The lowest BCUT2D eigenvalue weighted by molar-refractivity contribution is -0.759. The number of H-pyrrole nitrogens is 1. The van der Waals surface area contributed by atoms with Gasteiger partial charge in [0.2, 0.25) is 5.69 Å². The maximum Gasteiger partial charge on any atom is 0.226 e. The van der Waals surface area contributed by atoms with Crippen LogP contribution in [0, 0.1) is 5.92 Å². The summed E-state index contributed by atoms with van der Waals surface area (Å²) >= 11 is 0. The number of aromatic nitrogens is 2. The number of nitrogens with zero attached hydrogens (tertiary/aromatic N) is 1. The van der Waals surface area contributed by atoms with Gasteiger partial charge in [0, 0.05) is 12.0 Å². The van der Waals surface area contributed by atoms with E-state index in [0.717, 1.165) is 12.5 Å². The number of hydrogen-bond donors (Lipinski definition) is 2. The molecule has 3 nitrogen and oxygen atoms in total. The zero-order valence-electron chi connectivity index (χ0n) is 8.01. The van der Waals surface area contributed by atoms with E-state index in [2.05, 4.69) is 28.2 Å². The van der Waals surface area contributed by atoms with Crippen molar-refractivity contribution in [1.29, 1.82) is 0 Å². The molecule has 0 aromatic carbocycles. The summed E-state index contributed by atoms with van der Waals surface area (Å²) in [6.45, 7) is 4.46. The van der Waals surface area contributed by atoms with Crippen LogP contribution in [0.25, 0.3) is 0 Å². The van der Waals surface area contributed by atoms with E-state index in [1.54, 1.807) is 0 Å². The van der Waals surface area contributed by atoms with Crippen LogP contribution in [0.4, 0.5) is 0 Å². The van der Waals surface area contributed by atoms with Crippen LogP contribution in [0.3, 0.4) is 0 Å². The number of fused-ring (bicyclic) bond motifs is 1. The zero-order chi connectivity index (χ0) is 8.84. The Labute approximate surface area is 78.1 Å². The van der Waals surface area contributed by atoms with Crippen molar-refractivity contribution in [2.75, 3.05) is 0 Å². The third-order valence-corrected chi connectivity index (χ3v) is 3.21. The Hall–Kier alpha value is -0.830. The zero-order valence-corrected chi connectivity index (χ0v) is 8.01. The summed E-state index contributed by atoms with van der Waals surface area (Å²) in [5, 5.41) is 6.81. The van der Waals surface area contributed by atoms with Gasteiger partial charge in [0.05, 0.1) is 18.3 Å². The van der Waals surface area contributed by atoms with Gasteiger partial charge in [0.25, 0.3) is 0 Å². The first kappa shape index (κ1) is 7.56. The van der Waals surface area contributed by atoms with Crippen molar-refractivity contribution in [3.8, 4) is 0 Å². The van der Waals surface area contributed by atoms with Gasteiger partial charge in [-0.1, -0.05) is 0 Å². The molecule has 0 radical (unpaired) electrons. The molecule has 0 spiro atoms. The fourth-order valence-electron chi connectivity index (χ4n) is 2.12. The van der Waals surface area contributed by atoms with E-state index >= 15 is 0 Å². The van der Waals surface area contributed by atoms with E-state index in [1.807, 2.05) is 0 Å². The lowest BCUT2D eigenvalue weighted by Gasteiger charge is -1.97. The van der Waals surface area contributed by atoms with Crippen molar-refractivity contribution in [2.45, 2.75) is 38.9 Å². The molecule has 0 unspecified atom stereocenters. The molecule has 3 rings (SSSR count). The Bertz CT molecular complexity index is 325. The van der Waals surface area contributed by atoms with Crippen LogP contribution in [0.5, 0.6) is 0 Å². The highest BCUT2D eigenvalue weighted by Gasteiger charge is 2.33. The topological polar surface area (TPSA) is 31.7 Å². The highest BCUT2D eigenvalue weighted by atomic mass is 15.3. The van der Waals surface area contributed by atoms with E-state index in [0.29, 0.717) is 6.04 Å². The second-order valence-electron chi connectivity index (χ2n) is 4.33. The Morgan fingerprint density at radius 3 is 3.15 bits per heavy atom. The molecule has 0 bridgehead atoms. The summed E-state index contributed by atoms with van der Waals surface area (Å²) < 4.78 is 2.32. The molecule has 2 heterocycles. The van der Waals surface area contributed by atoms with Gasteiger partial charge < -0.3 is 5.32 Å². The molecule has 2 N–H and O–H groups in total. The molecule has 1 saturated carbocycles. The van der Waals surface area contributed by atoms with Crippen LogP contribution in [0.15, 0.2) is 6.20 Å². The molecular weight excluding hydrogens is 162 g/mol. The number of nitrogens with one attached hydrogen (secondary N) is 2. The SMILES string of the molecule is C[C@H]1NCc2c1c[nH][n+]2CC1CC1. The average Bonchev–Trinajstić information content (AvgIpc) is 2.72. The average molecular weight is 178 g/mol. The Kier molecular flexibility index (Phi) is 1.50. The maximum atomic E-state index is 3.46. The molecular formula is C10H16N3+. The Morgan fingerprint density at radius 2 is 2.38 bits per heavy atom. The molecule has 70 valence electrons. The van der Waals surface area contributed by atoms with Crippen LogP contribution in [0.2, 0.25) is 0 Å². The highest BCUT2D eigenvalue weighted by molar-refractivity contribution is 5.21. The van der Waals surface area contributed by atoms with E-state index < -0.39 is 0 Å². The predicted octanol–water partition coefficient (Wildman–Crippen LogP) is 0.876. The van der Waals surface area contributed by atoms with E-state index in [9.17, 15) is 0 Å². The normalized spacial score (nSPS) is 26.4. The summed E-state index contributed by atoms with van der Waals surface area (Å²) in [6, 6.07) is 0.534. The summed E-state index contributed by atoms with van der Waals surface area (Å²) in [5.41, 5.74) is 2.93. The van der Waals surface area contributed by atoms with Crippen LogP contribution in [-0.2, 0) is 13.1 Å². The monoisotopic (exact) mass is 178 g/mol. The highest BCUT2D eigenvalue weighted by Crippen LogP contribution is 2.29. The second kappa shape index (κ2) is 2.58. The summed E-state index contributed by atoms with van der Waals surface area (Å²) in [6.07, 6.45) is 5.00. The largest absolute Gasteiger partial charge is 0.300 e. The molecule has 1 atom stereocenters. The van der Waals surface area contributed by atoms with Gasteiger partial charge in [-0.05, 0) is 19.8 Å². The quantitative estimate of drug-likeness (QED) is 0.647. The van der Waals surface area contributed by atoms with Gasteiger partial charge in [0.15, 0.2) is 6.54 Å². The van der Waals surface area contributed by atoms with Gasteiger partial charge in [-0.25, -0.2) is 0 Å². The van der Waals surface area contributed by atoms with Crippen LogP contribution < -0.4 is 10.00 Å². The lowest BCUT2D eigenvalue weighted by Crippen LogP contribution is -2.40. The molecule has 0 saturated heterocycles.